The molecule has 30 heavy (non-hydrogen) atoms. The molecule has 0 atom stereocenters. The minimum absolute atomic E-state index is 0.147. The molecule has 2 aromatic carbocycles. The molecular formula is C23H23N3O4. The first kappa shape index (κ1) is 20.9. The lowest BCUT2D eigenvalue weighted by atomic mass is 10.1. The molecule has 3 rings (SSSR count). The first-order chi connectivity index (χ1) is 14.5. The molecule has 7 heteroatoms. The molecule has 0 aliphatic carbocycles. The average Bonchev–Trinajstić information content (AvgIpc) is 2.77. The van der Waals surface area contributed by atoms with Crippen LogP contribution in [0.25, 0.3) is 0 Å². The number of aryl methyl sites for hydroxylation is 1. The summed E-state index contributed by atoms with van der Waals surface area (Å²) in [6, 6.07) is 15.9. The van der Waals surface area contributed by atoms with Crippen molar-refractivity contribution in [3.05, 3.63) is 83.7 Å². The number of carbonyl (C=O) groups is 2. The number of benzene rings is 2. The van der Waals surface area contributed by atoms with Crippen LogP contribution in [0.3, 0.4) is 0 Å². The molecule has 7 nitrogen and oxygen atoms in total. The van der Waals surface area contributed by atoms with E-state index in [-0.39, 0.29) is 18.4 Å². The summed E-state index contributed by atoms with van der Waals surface area (Å²) in [4.78, 5) is 28.4. The SMILES string of the molecule is COc1ccc(NC(=O)CNC(=O)c2ccc(C)cc2)cc1OCc1ccncc1. The summed E-state index contributed by atoms with van der Waals surface area (Å²) in [5.74, 6) is 0.396. The molecule has 2 N–H and O–H groups in total. The number of anilines is 1. The van der Waals surface area contributed by atoms with Crippen molar-refractivity contribution >= 4 is 17.5 Å². The Kier molecular flexibility index (Phi) is 7.00. The maximum atomic E-state index is 12.2. The second kappa shape index (κ2) is 10.1. The molecule has 3 aromatic rings. The maximum absolute atomic E-state index is 12.2. The van der Waals surface area contributed by atoms with Crippen LogP contribution in [0.1, 0.15) is 21.5 Å². The second-order valence-electron chi connectivity index (χ2n) is 6.61. The van der Waals surface area contributed by atoms with Crippen LogP contribution in [0, 0.1) is 6.92 Å². The van der Waals surface area contributed by atoms with E-state index in [2.05, 4.69) is 15.6 Å². The van der Waals surface area contributed by atoms with E-state index >= 15 is 0 Å². The van der Waals surface area contributed by atoms with Crippen molar-refractivity contribution < 1.29 is 19.1 Å². The van der Waals surface area contributed by atoms with Gasteiger partial charge in [0, 0.05) is 29.7 Å². The summed E-state index contributed by atoms with van der Waals surface area (Å²) in [7, 11) is 1.55. The third-order valence-corrected chi connectivity index (χ3v) is 4.31. The van der Waals surface area contributed by atoms with Gasteiger partial charge in [0.05, 0.1) is 13.7 Å². The van der Waals surface area contributed by atoms with E-state index in [1.807, 2.05) is 31.2 Å². The fourth-order valence-electron chi connectivity index (χ4n) is 2.68. The summed E-state index contributed by atoms with van der Waals surface area (Å²) in [5.41, 5.74) is 3.06. The monoisotopic (exact) mass is 405 g/mol. The Morgan fingerprint density at radius 1 is 0.967 bits per heavy atom. The molecule has 0 radical (unpaired) electrons. The minimum Gasteiger partial charge on any atom is -0.493 e. The lowest BCUT2D eigenvalue weighted by Crippen LogP contribution is -2.32. The number of nitrogens with zero attached hydrogens (tertiary/aromatic N) is 1. The summed E-state index contributed by atoms with van der Waals surface area (Å²) >= 11 is 0. The van der Waals surface area contributed by atoms with Crippen LogP contribution in [0.5, 0.6) is 11.5 Å². The molecule has 0 aliphatic rings. The summed E-state index contributed by atoms with van der Waals surface area (Å²) < 4.78 is 11.2. The Bertz CT molecular complexity index is 1000. The first-order valence-corrected chi connectivity index (χ1v) is 9.39. The lowest BCUT2D eigenvalue weighted by Gasteiger charge is -2.13. The molecular weight excluding hydrogens is 382 g/mol. The van der Waals surface area contributed by atoms with Crippen molar-refractivity contribution in [1.82, 2.24) is 10.3 Å². The van der Waals surface area contributed by atoms with E-state index < -0.39 is 0 Å². The highest BCUT2D eigenvalue weighted by Gasteiger charge is 2.11. The van der Waals surface area contributed by atoms with Gasteiger partial charge in [-0.3, -0.25) is 14.6 Å². The molecule has 154 valence electrons. The predicted octanol–water partition coefficient (Wildman–Crippen LogP) is 3.35. The normalized spacial score (nSPS) is 10.2. The smallest absolute Gasteiger partial charge is 0.251 e. The third kappa shape index (κ3) is 5.81. The highest BCUT2D eigenvalue weighted by molar-refractivity contribution is 5.99. The van der Waals surface area contributed by atoms with Gasteiger partial charge in [-0.2, -0.15) is 0 Å². The Morgan fingerprint density at radius 2 is 1.70 bits per heavy atom. The van der Waals surface area contributed by atoms with Gasteiger partial charge in [0.2, 0.25) is 5.91 Å². The van der Waals surface area contributed by atoms with E-state index in [4.69, 9.17) is 9.47 Å². The molecule has 0 fully saturated rings. The molecule has 0 bridgehead atoms. The van der Waals surface area contributed by atoms with Crippen molar-refractivity contribution in [3.8, 4) is 11.5 Å². The van der Waals surface area contributed by atoms with Gasteiger partial charge in [-0.15, -0.1) is 0 Å². The zero-order chi connectivity index (χ0) is 21.3. The number of pyridine rings is 1. The van der Waals surface area contributed by atoms with Crippen molar-refractivity contribution in [1.29, 1.82) is 0 Å². The molecule has 0 aliphatic heterocycles. The van der Waals surface area contributed by atoms with E-state index in [0.717, 1.165) is 11.1 Å². The van der Waals surface area contributed by atoms with Gasteiger partial charge < -0.3 is 20.1 Å². The number of rotatable bonds is 8. The largest absolute Gasteiger partial charge is 0.493 e. The zero-order valence-corrected chi connectivity index (χ0v) is 16.8. The van der Waals surface area contributed by atoms with Crippen molar-refractivity contribution in [2.45, 2.75) is 13.5 Å². The standard InChI is InChI=1S/C23H23N3O4/c1-16-3-5-18(6-4-16)23(28)25-14-22(27)26-19-7-8-20(29-2)21(13-19)30-15-17-9-11-24-12-10-17/h3-13H,14-15H2,1-2H3,(H,25,28)(H,26,27). The number of nitrogens with one attached hydrogen (secondary N) is 2. The Morgan fingerprint density at radius 3 is 2.40 bits per heavy atom. The van der Waals surface area contributed by atoms with Gasteiger partial charge in [0.1, 0.15) is 6.61 Å². The number of aromatic nitrogens is 1. The third-order valence-electron chi connectivity index (χ3n) is 4.31. The first-order valence-electron chi connectivity index (χ1n) is 9.39. The van der Waals surface area contributed by atoms with Crippen molar-refractivity contribution in [2.24, 2.45) is 0 Å². The van der Waals surface area contributed by atoms with Crippen molar-refractivity contribution in [3.63, 3.8) is 0 Å². The topological polar surface area (TPSA) is 89.6 Å². The van der Waals surface area contributed by atoms with Gasteiger partial charge >= 0.3 is 0 Å². The van der Waals surface area contributed by atoms with Gasteiger partial charge in [0.15, 0.2) is 11.5 Å². The number of hydrogen-bond acceptors (Lipinski definition) is 5. The zero-order valence-electron chi connectivity index (χ0n) is 16.8. The molecule has 0 spiro atoms. The molecule has 0 saturated carbocycles. The van der Waals surface area contributed by atoms with Crippen LogP contribution >= 0.6 is 0 Å². The van der Waals surface area contributed by atoms with Gasteiger partial charge in [-0.25, -0.2) is 0 Å². The van der Waals surface area contributed by atoms with Crippen LogP contribution in [-0.2, 0) is 11.4 Å². The number of hydrogen-bond donors (Lipinski definition) is 2. The molecule has 1 heterocycles. The number of methoxy groups -OCH3 is 1. The second-order valence-corrected chi connectivity index (χ2v) is 6.61. The molecule has 1 aromatic heterocycles. The van der Waals surface area contributed by atoms with Crippen LogP contribution in [0.4, 0.5) is 5.69 Å². The minimum atomic E-state index is -0.347. The Hall–Kier alpha value is -3.87. The van der Waals surface area contributed by atoms with Crippen LogP contribution in [0.2, 0.25) is 0 Å². The Balaban J connectivity index is 1.57. The van der Waals surface area contributed by atoms with E-state index in [9.17, 15) is 9.59 Å². The lowest BCUT2D eigenvalue weighted by molar-refractivity contribution is -0.115. The number of ether oxygens (including phenoxy) is 2. The fourth-order valence-corrected chi connectivity index (χ4v) is 2.68. The molecule has 0 saturated heterocycles. The summed E-state index contributed by atoms with van der Waals surface area (Å²) in [6.07, 6.45) is 3.38. The van der Waals surface area contributed by atoms with Crippen LogP contribution in [-0.4, -0.2) is 30.5 Å². The van der Waals surface area contributed by atoms with E-state index in [1.165, 1.54) is 0 Å². The molecule has 2 amide bonds. The highest BCUT2D eigenvalue weighted by atomic mass is 16.5. The summed E-state index contributed by atoms with van der Waals surface area (Å²) in [5, 5.41) is 5.36. The fraction of sp³-hybridized carbons (Fsp3) is 0.174. The van der Waals surface area contributed by atoms with Gasteiger partial charge in [-0.1, -0.05) is 17.7 Å². The van der Waals surface area contributed by atoms with Crippen molar-refractivity contribution in [2.75, 3.05) is 19.0 Å². The van der Waals surface area contributed by atoms with Gasteiger partial charge in [-0.05, 0) is 48.9 Å². The van der Waals surface area contributed by atoms with E-state index in [0.29, 0.717) is 29.4 Å². The maximum Gasteiger partial charge on any atom is 0.251 e. The van der Waals surface area contributed by atoms with E-state index in [1.54, 1.807) is 49.8 Å². The van der Waals surface area contributed by atoms with Gasteiger partial charge in [0.25, 0.3) is 5.91 Å². The number of amides is 2. The predicted molar refractivity (Wildman–Crippen MR) is 114 cm³/mol. The highest BCUT2D eigenvalue weighted by Crippen LogP contribution is 2.30. The van der Waals surface area contributed by atoms with Crippen LogP contribution < -0.4 is 20.1 Å². The average molecular weight is 405 g/mol. The number of carbonyl (C=O) groups excluding carboxylic acids is 2. The summed E-state index contributed by atoms with van der Waals surface area (Å²) in [6.45, 7) is 2.13. The Labute approximate surface area is 175 Å². The molecule has 0 unspecified atom stereocenters. The van der Waals surface area contributed by atoms with Crippen LogP contribution in [0.15, 0.2) is 67.0 Å². The quantitative estimate of drug-likeness (QED) is 0.600.